The highest BCUT2D eigenvalue weighted by atomic mass is 35.5. The summed E-state index contributed by atoms with van der Waals surface area (Å²) in [4.78, 5) is 25.1. The molecule has 2 aliphatic heterocycles. The minimum atomic E-state index is -0.287. The quantitative estimate of drug-likeness (QED) is 0.693. The number of carbonyl (C=O) groups is 2. The van der Waals surface area contributed by atoms with E-state index in [0.29, 0.717) is 24.9 Å². The van der Waals surface area contributed by atoms with Crippen molar-refractivity contribution in [2.24, 2.45) is 0 Å². The molecule has 2 amide bonds. The zero-order valence-electron chi connectivity index (χ0n) is 10.2. The summed E-state index contributed by atoms with van der Waals surface area (Å²) in [5.74, 6) is 0.0700. The van der Waals surface area contributed by atoms with Crippen molar-refractivity contribution in [3.8, 4) is 0 Å². The van der Waals surface area contributed by atoms with E-state index in [-0.39, 0.29) is 30.3 Å². The van der Waals surface area contributed by atoms with E-state index in [9.17, 15) is 9.59 Å². The van der Waals surface area contributed by atoms with Crippen LogP contribution in [0.1, 0.15) is 26.7 Å². The molecular formula is C11H20ClN3O2. The molecule has 17 heavy (non-hydrogen) atoms. The van der Waals surface area contributed by atoms with Crippen molar-refractivity contribution in [1.82, 2.24) is 15.5 Å². The van der Waals surface area contributed by atoms with Gasteiger partial charge in [0.05, 0.1) is 0 Å². The second kappa shape index (κ2) is 5.69. The molecule has 3 unspecified atom stereocenters. The molecule has 0 aromatic carbocycles. The Balaban J connectivity index is 0.00000144. The lowest BCUT2D eigenvalue weighted by Gasteiger charge is -2.37. The molecule has 0 spiro atoms. The second-order valence-electron chi connectivity index (χ2n) is 4.87. The highest BCUT2D eigenvalue weighted by molar-refractivity contribution is 5.90. The average molecular weight is 262 g/mol. The van der Waals surface area contributed by atoms with Crippen molar-refractivity contribution in [3.63, 3.8) is 0 Å². The van der Waals surface area contributed by atoms with E-state index < -0.39 is 0 Å². The Morgan fingerprint density at radius 2 is 1.88 bits per heavy atom. The smallest absolute Gasteiger partial charge is 0.245 e. The summed E-state index contributed by atoms with van der Waals surface area (Å²) in [5, 5.41) is 6.11. The van der Waals surface area contributed by atoms with Crippen LogP contribution >= 0.6 is 12.4 Å². The van der Waals surface area contributed by atoms with Crippen LogP contribution in [0.5, 0.6) is 0 Å². The fraction of sp³-hybridized carbons (Fsp3) is 0.818. The maximum Gasteiger partial charge on any atom is 0.245 e. The normalized spacial score (nSPS) is 32.9. The van der Waals surface area contributed by atoms with Crippen LogP contribution in [0, 0.1) is 0 Å². The number of carbonyl (C=O) groups excluding carboxylic acids is 2. The van der Waals surface area contributed by atoms with E-state index in [1.807, 2.05) is 4.90 Å². The van der Waals surface area contributed by atoms with E-state index >= 15 is 0 Å². The molecule has 2 N–H and O–H groups in total. The lowest BCUT2D eigenvalue weighted by Crippen LogP contribution is -2.58. The Morgan fingerprint density at radius 1 is 1.29 bits per heavy atom. The van der Waals surface area contributed by atoms with Crippen molar-refractivity contribution in [2.75, 3.05) is 13.1 Å². The van der Waals surface area contributed by atoms with Crippen molar-refractivity contribution in [1.29, 1.82) is 0 Å². The molecule has 0 radical (unpaired) electrons. The van der Waals surface area contributed by atoms with Crippen molar-refractivity contribution in [3.05, 3.63) is 0 Å². The van der Waals surface area contributed by atoms with Crippen LogP contribution in [-0.2, 0) is 9.59 Å². The Labute approximate surface area is 108 Å². The molecule has 0 aromatic rings. The molecule has 6 heteroatoms. The number of piperazine rings is 1. The van der Waals surface area contributed by atoms with Gasteiger partial charge in [-0.25, -0.2) is 0 Å². The summed E-state index contributed by atoms with van der Waals surface area (Å²) >= 11 is 0. The van der Waals surface area contributed by atoms with Gasteiger partial charge in [0.25, 0.3) is 0 Å². The van der Waals surface area contributed by atoms with Crippen LogP contribution in [0.15, 0.2) is 0 Å². The predicted octanol–water partition coefficient (Wildman–Crippen LogP) is -0.104. The average Bonchev–Trinajstić information content (AvgIpc) is 2.62. The van der Waals surface area contributed by atoms with Crippen molar-refractivity contribution in [2.45, 2.75) is 44.8 Å². The number of hydrogen-bond acceptors (Lipinski definition) is 3. The monoisotopic (exact) mass is 261 g/mol. The van der Waals surface area contributed by atoms with Gasteiger partial charge in [0.1, 0.15) is 6.04 Å². The first-order valence-corrected chi connectivity index (χ1v) is 5.90. The molecule has 0 aliphatic carbocycles. The first-order chi connectivity index (χ1) is 7.56. The maximum atomic E-state index is 12.1. The first-order valence-electron chi connectivity index (χ1n) is 5.90. The maximum absolute atomic E-state index is 12.1. The fourth-order valence-electron chi connectivity index (χ4n) is 2.53. The van der Waals surface area contributed by atoms with Crippen LogP contribution in [-0.4, -0.2) is 47.9 Å². The van der Waals surface area contributed by atoms with Gasteiger partial charge in [-0.05, 0) is 20.3 Å². The van der Waals surface area contributed by atoms with Gasteiger partial charge in [0.2, 0.25) is 11.8 Å². The number of hydrogen-bond donors (Lipinski definition) is 2. The van der Waals surface area contributed by atoms with Crippen LogP contribution in [0.4, 0.5) is 0 Å². The number of nitrogens with zero attached hydrogens (tertiary/aromatic N) is 1. The number of halogens is 1. The topological polar surface area (TPSA) is 61.4 Å². The van der Waals surface area contributed by atoms with Gasteiger partial charge in [-0.1, -0.05) is 0 Å². The predicted molar refractivity (Wildman–Crippen MR) is 67.1 cm³/mol. The Bertz CT molecular complexity index is 301. The molecule has 0 bridgehead atoms. The van der Waals surface area contributed by atoms with Crippen LogP contribution in [0.2, 0.25) is 0 Å². The highest BCUT2D eigenvalue weighted by Gasteiger charge is 2.33. The van der Waals surface area contributed by atoms with E-state index in [1.54, 1.807) is 0 Å². The van der Waals surface area contributed by atoms with E-state index in [2.05, 4.69) is 24.5 Å². The third-order valence-corrected chi connectivity index (χ3v) is 3.16. The fourth-order valence-corrected chi connectivity index (χ4v) is 2.53. The molecule has 98 valence electrons. The minimum absolute atomic E-state index is 0. The number of nitrogens with one attached hydrogen (secondary N) is 2. The summed E-state index contributed by atoms with van der Waals surface area (Å²) in [6, 6.07) is 0.361. The zero-order valence-corrected chi connectivity index (χ0v) is 11.0. The van der Waals surface area contributed by atoms with Crippen molar-refractivity contribution >= 4 is 24.2 Å². The number of amides is 2. The van der Waals surface area contributed by atoms with Crippen LogP contribution < -0.4 is 10.6 Å². The summed E-state index contributed by atoms with van der Waals surface area (Å²) in [6.45, 7) is 5.61. The van der Waals surface area contributed by atoms with Gasteiger partial charge in [-0.2, -0.15) is 0 Å². The molecule has 2 heterocycles. The van der Waals surface area contributed by atoms with Gasteiger partial charge in [-0.3, -0.25) is 9.59 Å². The molecule has 0 aromatic heterocycles. The van der Waals surface area contributed by atoms with E-state index in [4.69, 9.17) is 0 Å². The Kier molecular flexibility index (Phi) is 4.77. The zero-order chi connectivity index (χ0) is 11.7. The van der Waals surface area contributed by atoms with Crippen LogP contribution in [0.25, 0.3) is 0 Å². The third-order valence-electron chi connectivity index (χ3n) is 3.16. The molecule has 3 atom stereocenters. The largest absolute Gasteiger partial charge is 0.344 e. The first kappa shape index (κ1) is 14.3. The molecule has 2 rings (SSSR count). The molecule has 2 aliphatic rings. The number of rotatable bonds is 1. The standard InChI is InChI=1S/C11H19N3O2.ClH/c1-7-5-14(6-8(2)12-7)11(16)9-3-4-10(15)13-9;/h7-9,12H,3-6H2,1-2H3,(H,13,15);1H. The van der Waals surface area contributed by atoms with E-state index in [0.717, 1.165) is 13.1 Å². The van der Waals surface area contributed by atoms with Gasteiger partial charge in [-0.15, -0.1) is 12.4 Å². The van der Waals surface area contributed by atoms with Crippen molar-refractivity contribution < 1.29 is 9.59 Å². The van der Waals surface area contributed by atoms with Gasteiger partial charge < -0.3 is 15.5 Å². The molecule has 2 fully saturated rings. The molecular weight excluding hydrogens is 242 g/mol. The summed E-state index contributed by atoms with van der Waals surface area (Å²) in [6.07, 6.45) is 1.12. The van der Waals surface area contributed by atoms with Gasteiger partial charge >= 0.3 is 0 Å². The summed E-state index contributed by atoms with van der Waals surface area (Å²) in [5.41, 5.74) is 0. The highest BCUT2D eigenvalue weighted by Crippen LogP contribution is 2.12. The van der Waals surface area contributed by atoms with E-state index in [1.165, 1.54) is 0 Å². The Hall–Kier alpha value is -0.810. The van der Waals surface area contributed by atoms with Gasteiger partial charge in [0.15, 0.2) is 0 Å². The lowest BCUT2D eigenvalue weighted by atomic mass is 10.1. The van der Waals surface area contributed by atoms with Gasteiger partial charge in [0, 0.05) is 31.6 Å². The third kappa shape index (κ3) is 3.33. The van der Waals surface area contributed by atoms with Crippen LogP contribution in [0.3, 0.4) is 0 Å². The second-order valence-corrected chi connectivity index (χ2v) is 4.87. The minimum Gasteiger partial charge on any atom is -0.344 e. The SMILES string of the molecule is CC1CN(C(=O)C2CCC(=O)N2)CC(C)N1.Cl. The summed E-state index contributed by atoms with van der Waals surface area (Å²) < 4.78 is 0. The summed E-state index contributed by atoms with van der Waals surface area (Å²) in [7, 11) is 0. The molecule has 5 nitrogen and oxygen atoms in total. The lowest BCUT2D eigenvalue weighted by molar-refractivity contribution is -0.136. The Morgan fingerprint density at radius 3 is 2.35 bits per heavy atom. The molecule has 2 saturated heterocycles. The molecule has 0 saturated carbocycles.